The molecule has 1 aromatic carbocycles. The summed E-state index contributed by atoms with van der Waals surface area (Å²) < 4.78 is 3.09. The van der Waals surface area contributed by atoms with Gasteiger partial charge in [-0.2, -0.15) is 0 Å². The Kier molecular flexibility index (Phi) is 5.29. The van der Waals surface area contributed by atoms with Crippen molar-refractivity contribution in [3.8, 4) is 0 Å². The van der Waals surface area contributed by atoms with Crippen LogP contribution >= 0.6 is 11.9 Å². The number of nitrogens with one attached hydrogen (secondary N) is 2. The van der Waals surface area contributed by atoms with Gasteiger partial charge in [-0.15, -0.1) is 0 Å². The molecule has 1 unspecified atom stereocenters. The molecule has 158 valence electrons. The van der Waals surface area contributed by atoms with Gasteiger partial charge in [-0.05, 0) is 106 Å². The molecule has 4 aliphatic rings. The van der Waals surface area contributed by atoms with E-state index in [9.17, 15) is 4.79 Å². The highest BCUT2D eigenvalue weighted by molar-refractivity contribution is 7.97. The van der Waals surface area contributed by atoms with E-state index in [1.54, 1.807) is 11.9 Å². The Morgan fingerprint density at radius 3 is 2.62 bits per heavy atom. The van der Waals surface area contributed by atoms with Crippen LogP contribution in [0.5, 0.6) is 0 Å². The molecule has 2 N–H and O–H groups in total. The van der Waals surface area contributed by atoms with Crippen molar-refractivity contribution >= 4 is 23.7 Å². The summed E-state index contributed by atoms with van der Waals surface area (Å²) in [7, 11) is 2.23. The lowest BCUT2D eigenvalue weighted by Crippen LogP contribution is -2.62. The molecular weight excluding hydrogens is 380 g/mol. The quantitative estimate of drug-likeness (QED) is 0.739. The summed E-state index contributed by atoms with van der Waals surface area (Å²) in [6.45, 7) is 5.85. The number of anilines is 1. The number of fused-ring (bicyclic) bond motifs is 3. The van der Waals surface area contributed by atoms with E-state index in [0.717, 1.165) is 50.2 Å². The van der Waals surface area contributed by atoms with Crippen LogP contribution in [-0.4, -0.2) is 59.8 Å². The molecule has 5 nitrogen and oxygen atoms in total. The van der Waals surface area contributed by atoms with E-state index in [0.29, 0.717) is 11.6 Å². The van der Waals surface area contributed by atoms with Gasteiger partial charge < -0.3 is 10.2 Å². The van der Waals surface area contributed by atoms with Crippen molar-refractivity contribution in [3.05, 3.63) is 28.3 Å². The first-order valence-corrected chi connectivity index (χ1v) is 12.3. The number of carbonyl (C=O) groups excluding carboxylic acids is 1. The number of hydrogen-bond donors (Lipinski definition) is 2. The van der Waals surface area contributed by atoms with Crippen LogP contribution in [0.1, 0.15) is 54.9 Å². The van der Waals surface area contributed by atoms with Gasteiger partial charge in [0.15, 0.2) is 0 Å². The SMILES string of the molecule is CN1CC(CSNC(=O)Nc2c3c(cc4c2CCC4)CCC3)N2CCC[C@@]2(C)C1. The van der Waals surface area contributed by atoms with Gasteiger partial charge >= 0.3 is 6.03 Å². The average molecular weight is 415 g/mol. The number of rotatable bonds is 4. The first-order chi connectivity index (χ1) is 14.0. The van der Waals surface area contributed by atoms with Gasteiger partial charge in [0.2, 0.25) is 0 Å². The maximum atomic E-state index is 12.7. The average Bonchev–Trinajstić information content (AvgIpc) is 3.39. The summed E-state index contributed by atoms with van der Waals surface area (Å²) in [6.07, 6.45) is 9.55. The molecule has 5 rings (SSSR count). The lowest BCUT2D eigenvalue weighted by atomic mass is 9.94. The number of carbonyl (C=O) groups is 1. The smallest absolute Gasteiger partial charge is 0.307 e. The molecule has 2 heterocycles. The van der Waals surface area contributed by atoms with Crippen molar-refractivity contribution < 1.29 is 4.79 Å². The van der Waals surface area contributed by atoms with Crippen molar-refractivity contribution in [3.63, 3.8) is 0 Å². The lowest BCUT2D eigenvalue weighted by molar-refractivity contribution is 0.0145. The Morgan fingerprint density at radius 1 is 1.17 bits per heavy atom. The van der Waals surface area contributed by atoms with E-state index in [4.69, 9.17) is 0 Å². The van der Waals surface area contributed by atoms with E-state index in [2.05, 4.69) is 39.9 Å². The maximum Gasteiger partial charge on any atom is 0.329 e. The van der Waals surface area contributed by atoms with Gasteiger partial charge in [0.05, 0.1) is 0 Å². The molecule has 0 spiro atoms. The van der Waals surface area contributed by atoms with Crippen LogP contribution in [0.4, 0.5) is 10.5 Å². The molecule has 2 saturated heterocycles. The number of likely N-dealkylation sites (N-methyl/N-ethyl adjacent to an activating group) is 1. The molecule has 0 saturated carbocycles. The molecule has 2 aliphatic carbocycles. The second kappa shape index (κ2) is 7.78. The molecular formula is C23H34N4OS. The highest BCUT2D eigenvalue weighted by atomic mass is 32.2. The van der Waals surface area contributed by atoms with E-state index >= 15 is 0 Å². The van der Waals surface area contributed by atoms with E-state index in [1.807, 2.05) is 0 Å². The van der Waals surface area contributed by atoms with E-state index in [1.165, 1.54) is 54.5 Å². The molecule has 2 atom stereocenters. The van der Waals surface area contributed by atoms with Gasteiger partial charge in [0.25, 0.3) is 0 Å². The fourth-order valence-electron chi connectivity index (χ4n) is 6.39. The van der Waals surface area contributed by atoms with Gasteiger partial charge in [-0.25, -0.2) is 4.79 Å². The number of hydrogen-bond acceptors (Lipinski definition) is 4. The summed E-state index contributed by atoms with van der Waals surface area (Å²) in [5.41, 5.74) is 7.17. The monoisotopic (exact) mass is 414 g/mol. The first-order valence-electron chi connectivity index (χ1n) is 11.3. The molecule has 6 heteroatoms. The fraction of sp³-hybridized carbons (Fsp3) is 0.696. The zero-order chi connectivity index (χ0) is 20.0. The van der Waals surface area contributed by atoms with Crippen LogP contribution in [-0.2, 0) is 25.7 Å². The second-order valence-corrected chi connectivity index (χ2v) is 10.6. The zero-order valence-corrected chi connectivity index (χ0v) is 18.7. The molecule has 0 radical (unpaired) electrons. The second-order valence-electron chi connectivity index (χ2n) is 9.75. The third-order valence-corrected chi connectivity index (χ3v) is 8.41. The zero-order valence-electron chi connectivity index (χ0n) is 17.9. The minimum Gasteiger partial charge on any atom is -0.307 e. The van der Waals surface area contributed by atoms with Crippen molar-refractivity contribution in [2.24, 2.45) is 0 Å². The Morgan fingerprint density at radius 2 is 1.90 bits per heavy atom. The van der Waals surface area contributed by atoms with Gasteiger partial charge in [-0.3, -0.25) is 9.62 Å². The molecule has 29 heavy (non-hydrogen) atoms. The van der Waals surface area contributed by atoms with Crippen molar-refractivity contribution in [2.45, 2.75) is 69.9 Å². The highest BCUT2D eigenvalue weighted by Crippen LogP contribution is 2.39. The summed E-state index contributed by atoms with van der Waals surface area (Å²) in [4.78, 5) is 17.9. The Labute approximate surface area is 179 Å². The third kappa shape index (κ3) is 3.68. The predicted molar refractivity (Wildman–Crippen MR) is 121 cm³/mol. The fourth-order valence-corrected chi connectivity index (χ4v) is 7.14. The first kappa shape index (κ1) is 19.7. The van der Waals surface area contributed by atoms with Crippen molar-refractivity contribution in [2.75, 3.05) is 37.8 Å². The topological polar surface area (TPSA) is 47.6 Å². The molecule has 2 amide bonds. The highest BCUT2D eigenvalue weighted by Gasteiger charge is 2.44. The van der Waals surface area contributed by atoms with Crippen molar-refractivity contribution in [1.82, 2.24) is 14.5 Å². The largest absolute Gasteiger partial charge is 0.329 e. The van der Waals surface area contributed by atoms with Crippen molar-refractivity contribution in [1.29, 1.82) is 0 Å². The Bertz CT molecular complexity index is 780. The van der Waals surface area contributed by atoms with Gasteiger partial charge in [0, 0.05) is 36.1 Å². The summed E-state index contributed by atoms with van der Waals surface area (Å²) in [5.74, 6) is 0.943. The Balaban J connectivity index is 1.21. The van der Waals surface area contributed by atoms with Crippen LogP contribution < -0.4 is 10.0 Å². The maximum absolute atomic E-state index is 12.7. The molecule has 1 aromatic rings. The van der Waals surface area contributed by atoms with E-state index < -0.39 is 0 Å². The van der Waals surface area contributed by atoms with Gasteiger partial charge in [-0.1, -0.05) is 6.07 Å². The summed E-state index contributed by atoms with van der Waals surface area (Å²) in [6, 6.07) is 2.87. The summed E-state index contributed by atoms with van der Waals surface area (Å²) >= 11 is 1.57. The van der Waals surface area contributed by atoms with Crippen LogP contribution in [0.25, 0.3) is 0 Å². The van der Waals surface area contributed by atoms with Crippen LogP contribution in [0.2, 0.25) is 0 Å². The molecule has 2 aliphatic heterocycles. The van der Waals surface area contributed by atoms with Gasteiger partial charge in [0.1, 0.15) is 0 Å². The van der Waals surface area contributed by atoms with E-state index in [-0.39, 0.29) is 6.03 Å². The number of amides is 2. The predicted octanol–water partition coefficient (Wildman–Crippen LogP) is 3.60. The number of nitrogens with zero attached hydrogens (tertiary/aromatic N) is 2. The molecule has 0 bridgehead atoms. The number of piperazine rings is 1. The number of aryl methyl sites for hydroxylation is 2. The number of urea groups is 1. The third-order valence-electron chi connectivity index (χ3n) is 7.53. The Hall–Kier alpha value is -1.24. The standard InChI is InChI=1S/C23H34N4OS/c1-23-10-5-11-27(23)18(13-26(2)15-23)14-29-25-22(28)24-21-19-8-3-6-16(19)12-17-7-4-9-20(17)21/h12,18H,3-11,13-15H2,1-2H3,(H2,24,25,28)/t18?,23-/m0/s1. The minimum atomic E-state index is -0.0576. The van der Waals surface area contributed by atoms with Crippen LogP contribution in [0.3, 0.4) is 0 Å². The normalized spacial score (nSPS) is 28.8. The lowest BCUT2D eigenvalue weighted by Gasteiger charge is -2.49. The minimum absolute atomic E-state index is 0.0576. The van der Waals surface area contributed by atoms with Crippen LogP contribution in [0.15, 0.2) is 6.07 Å². The molecule has 0 aromatic heterocycles. The summed E-state index contributed by atoms with van der Waals surface area (Å²) in [5, 5.41) is 3.25. The number of benzene rings is 1. The molecule has 2 fully saturated rings. The van der Waals surface area contributed by atoms with Crippen LogP contribution in [0, 0.1) is 0 Å².